The summed E-state index contributed by atoms with van der Waals surface area (Å²) in [6, 6.07) is 10.3. The molecule has 76 valence electrons. The van der Waals surface area contributed by atoms with Gasteiger partial charge in [0.1, 0.15) is 5.82 Å². The van der Waals surface area contributed by atoms with Crippen molar-refractivity contribution in [1.29, 1.82) is 0 Å². The molecule has 2 nitrogen and oxygen atoms in total. The average Bonchev–Trinajstić information content (AvgIpc) is 2.75. The number of nitrogens with zero attached hydrogens (tertiary/aromatic N) is 2. The van der Waals surface area contributed by atoms with E-state index < -0.39 is 0 Å². The molecule has 0 saturated carbocycles. The van der Waals surface area contributed by atoms with Crippen molar-refractivity contribution in [2.24, 2.45) is 0 Å². The van der Waals surface area contributed by atoms with Crippen LogP contribution in [0.4, 0.5) is 0 Å². The molecular formula is C13H14N2. The van der Waals surface area contributed by atoms with E-state index in [1.165, 1.54) is 0 Å². The van der Waals surface area contributed by atoms with Crippen LogP contribution in [0.15, 0.2) is 55.4 Å². The number of imidazole rings is 1. The first kappa shape index (κ1) is 9.71. The van der Waals surface area contributed by atoms with Crippen molar-refractivity contribution >= 4 is 0 Å². The van der Waals surface area contributed by atoms with Crippen molar-refractivity contribution in [3.8, 4) is 5.69 Å². The summed E-state index contributed by atoms with van der Waals surface area (Å²) in [4.78, 5) is 4.35. The molecule has 15 heavy (non-hydrogen) atoms. The number of rotatable bonds is 4. The van der Waals surface area contributed by atoms with Crippen LogP contribution >= 0.6 is 0 Å². The molecular weight excluding hydrogens is 184 g/mol. The van der Waals surface area contributed by atoms with Crippen molar-refractivity contribution in [2.45, 2.75) is 12.8 Å². The molecule has 0 radical (unpaired) electrons. The van der Waals surface area contributed by atoms with E-state index in [2.05, 4.69) is 28.3 Å². The lowest BCUT2D eigenvalue weighted by Crippen LogP contribution is -1.99. The van der Waals surface area contributed by atoms with Gasteiger partial charge >= 0.3 is 0 Å². The van der Waals surface area contributed by atoms with Gasteiger partial charge in [0.25, 0.3) is 0 Å². The first-order chi connectivity index (χ1) is 7.42. The molecule has 0 spiro atoms. The Hall–Kier alpha value is -1.83. The highest BCUT2D eigenvalue weighted by molar-refractivity contribution is 5.32. The number of para-hydroxylation sites is 1. The number of aryl methyl sites for hydroxylation is 1. The Bertz CT molecular complexity index is 429. The molecule has 2 aromatic rings. The van der Waals surface area contributed by atoms with Crippen LogP contribution in [0.3, 0.4) is 0 Å². The van der Waals surface area contributed by atoms with Gasteiger partial charge in [-0.25, -0.2) is 4.98 Å². The Morgan fingerprint density at radius 1 is 1.27 bits per heavy atom. The molecule has 0 aliphatic rings. The van der Waals surface area contributed by atoms with Crippen LogP contribution in [0.1, 0.15) is 12.2 Å². The fourth-order valence-electron chi connectivity index (χ4n) is 1.57. The van der Waals surface area contributed by atoms with Crippen LogP contribution in [-0.2, 0) is 6.42 Å². The summed E-state index contributed by atoms with van der Waals surface area (Å²) in [6.07, 6.45) is 7.65. The maximum atomic E-state index is 4.35. The molecule has 2 heteroatoms. The van der Waals surface area contributed by atoms with Gasteiger partial charge in [-0.15, -0.1) is 6.58 Å². The van der Waals surface area contributed by atoms with E-state index in [0.717, 1.165) is 24.4 Å². The summed E-state index contributed by atoms with van der Waals surface area (Å²) in [7, 11) is 0. The number of hydrogen-bond acceptors (Lipinski definition) is 1. The Kier molecular flexibility index (Phi) is 2.98. The van der Waals surface area contributed by atoms with Gasteiger partial charge in [-0.2, -0.15) is 0 Å². The highest BCUT2D eigenvalue weighted by Crippen LogP contribution is 2.11. The lowest BCUT2D eigenvalue weighted by atomic mass is 10.2. The zero-order chi connectivity index (χ0) is 10.5. The van der Waals surface area contributed by atoms with Gasteiger partial charge in [-0.1, -0.05) is 24.3 Å². The van der Waals surface area contributed by atoms with E-state index in [0.29, 0.717) is 0 Å². The third kappa shape index (κ3) is 2.15. The molecule has 1 aromatic carbocycles. The third-order valence-electron chi connectivity index (χ3n) is 2.32. The molecule has 2 rings (SSSR count). The highest BCUT2D eigenvalue weighted by atomic mass is 15.1. The SMILES string of the molecule is C=CCCc1nccn1-c1ccccc1. The molecule has 0 fully saturated rings. The molecule has 0 atom stereocenters. The van der Waals surface area contributed by atoms with Crippen LogP contribution in [0, 0.1) is 0 Å². The van der Waals surface area contributed by atoms with Gasteiger partial charge < -0.3 is 4.57 Å². The molecule has 0 N–H and O–H groups in total. The number of hydrogen-bond donors (Lipinski definition) is 0. The Labute approximate surface area is 89.9 Å². The van der Waals surface area contributed by atoms with Gasteiger partial charge in [-0.3, -0.25) is 0 Å². The van der Waals surface area contributed by atoms with E-state index >= 15 is 0 Å². The van der Waals surface area contributed by atoms with E-state index in [4.69, 9.17) is 0 Å². The van der Waals surface area contributed by atoms with Crippen molar-refractivity contribution in [2.75, 3.05) is 0 Å². The topological polar surface area (TPSA) is 17.8 Å². The lowest BCUT2D eigenvalue weighted by molar-refractivity contribution is 0.845. The largest absolute Gasteiger partial charge is 0.304 e. The van der Waals surface area contributed by atoms with Crippen molar-refractivity contribution in [3.05, 3.63) is 61.2 Å². The second-order valence-corrected chi connectivity index (χ2v) is 3.38. The number of allylic oxidation sites excluding steroid dienone is 1. The Morgan fingerprint density at radius 2 is 2.07 bits per heavy atom. The normalized spacial score (nSPS) is 10.1. The zero-order valence-corrected chi connectivity index (χ0v) is 8.63. The smallest absolute Gasteiger partial charge is 0.113 e. The van der Waals surface area contributed by atoms with Crippen molar-refractivity contribution in [1.82, 2.24) is 9.55 Å². The predicted molar refractivity (Wildman–Crippen MR) is 62.1 cm³/mol. The minimum Gasteiger partial charge on any atom is -0.304 e. The third-order valence-corrected chi connectivity index (χ3v) is 2.32. The fourth-order valence-corrected chi connectivity index (χ4v) is 1.57. The first-order valence-corrected chi connectivity index (χ1v) is 5.10. The van der Waals surface area contributed by atoms with Crippen LogP contribution in [0.25, 0.3) is 5.69 Å². The monoisotopic (exact) mass is 198 g/mol. The number of benzene rings is 1. The Balaban J connectivity index is 2.29. The fraction of sp³-hybridized carbons (Fsp3) is 0.154. The van der Waals surface area contributed by atoms with E-state index in [1.54, 1.807) is 0 Å². The molecule has 0 aliphatic heterocycles. The van der Waals surface area contributed by atoms with Gasteiger partial charge in [0.05, 0.1) is 0 Å². The standard InChI is InChI=1S/C13H14N2/c1-2-3-9-13-14-10-11-15(13)12-7-5-4-6-8-12/h2,4-8,10-11H,1,3,9H2. The molecule has 0 aliphatic carbocycles. The van der Waals surface area contributed by atoms with Crippen molar-refractivity contribution in [3.63, 3.8) is 0 Å². The molecule has 0 amide bonds. The van der Waals surface area contributed by atoms with Crippen LogP contribution in [-0.4, -0.2) is 9.55 Å². The van der Waals surface area contributed by atoms with Gasteiger partial charge in [0, 0.05) is 24.5 Å². The average molecular weight is 198 g/mol. The Morgan fingerprint density at radius 3 is 2.80 bits per heavy atom. The van der Waals surface area contributed by atoms with Crippen LogP contribution in [0.5, 0.6) is 0 Å². The first-order valence-electron chi connectivity index (χ1n) is 5.10. The lowest BCUT2D eigenvalue weighted by Gasteiger charge is -2.06. The highest BCUT2D eigenvalue weighted by Gasteiger charge is 2.02. The summed E-state index contributed by atoms with van der Waals surface area (Å²) >= 11 is 0. The van der Waals surface area contributed by atoms with Crippen LogP contribution in [0.2, 0.25) is 0 Å². The summed E-state index contributed by atoms with van der Waals surface area (Å²) in [6.45, 7) is 3.73. The molecule has 0 bridgehead atoms. The predicted octanol–water partition coefficient (Wildman–Crippen LogP) is 2.99. The minimum absolute atomic E-state index is 0.936. The molecule has 1 aromatic heterocycles. The number of aromatic nitrogens is 2. The van der Waals surface area contributed by atoms with Gasteiger partial charge in [0.2, 0.25) is 0 Å². The van der Waals surface area contributed by atoms with Crippen LogP contribution < -0.4 is 0 Å². The second-order valence-electron chi connectivity index (χ2n) is 3.38. The van der Waals surface area contributed by atoms with E-state index in [-0.39, 0.29) is 0 Å². The zero-order valence-electron chi connectivity index (χ0n) is 8.63. The van der Waals surface area contributed by atoms with Crippen molar-refractivity contribution < 1.29 is 0 Å². The maximum absolute atomic E-state index is 4.35. The van der Waals surface area contributed by atoms with Gasteiger partial charge in [0.15, 0.2) is 0 Å². The summed E-state index contributed by atoms with van der Waals surface area (Å²) in [5.41, 5.74) is 1.16. The molecule has 1 heterocycles. The van der Waals surface area contributed by atoms with Gasteiger partial charge in [-0.05, 0) is 18.6 Å². The molecule has 0 saturated heterocycles. The summed E-state index contributed by atoms with van der Waals surface area (Å²) < 4.78 is 2.11. The minimum atomic E-state index is 0.936. The second kappa shape index (κ2) is 4.60. The summed E-state index contributed by atoms with van der Waals surface area (Å²) in [5.74, 6) is 1.08. The van der Waals surface area contributed by atoms with E-state index in [1.807, 2.05) is 36.7 Å². The summed E-state index contributed by atoms with van der Waals surface area (Å²) in [5, 5.41) is 0. The van der Waals surface area contributed by atoms with E-state index in [9.17, 15) is 0 Å². The maximum Gasteiger partial charge on any atom is 0.113 e. The quantitative estimate of drug-likeness (QED) is 0.690. The molecule has 0 unspecified atom stereocenters.